The van der Waals surface area contributed by atoms with Gasteiger partial charge in [0.15, 0.2) is 0 Å². The van der Waals surface area contributed by atoms with Crippen molar-refractivity contribution in [3.05, 3.63) is 35.4 Å². The third kappa shape index (κ3) is 6.42. The first kappa shape index (κ1) is 16.5. The average molecular weight is 294 g/mol. The quantitative estimate of drug-likeness (QED) is 0.601. The molecular weight excluding hydrogens is 276 g/mol. The Hall–Kier alpha value is -2.57. The smallest absolute Gasteiger partial charge is 0.326 e. The second-order valence-corrected chi connectivity index (χ2v) is 4.64. The number of nitrogens with one attached hydrogen (secondary N) is 2. The van der Waals surface area contributed by atoms with Crippen molar-refractivity contribution >= 4 is 18.0 Å². The molecule has 0 aliphatic carbocycles. The van der Waals surface area contributed by atoms with E-state index in [2.05, 4.69) is 10.6 Å². The largest absolute Gasteiger partial charge is 0.481 e. The van der Waals surface area contributed by atoms with Crippen molar-refractivity contribution in [2.45, 2.75) is 32.4 Å². The van der Waals surface area contributed by atoms with Gasteiger partial charge in [0.2, 0.25) is 0 Å². The van der Waals surface area contributed by atoms with Crippen LogP contribution in [0.4, 0.5) is 4.79 Å². The van der Waals surface area contributed by atoms with Crippen LogP contribution in [0.2, 0.25) is 0 Å². The van der Waals surface area contributed by atoms with Crippen molar-refractivity contribution in [3.63, 3.8) is 0 Å². The third-order valence-corrected chi connectivity index (χ3v) is 2.82. The fraction of sp³-hybridized carbons (Fsp3) is 0.357. The number of carboxylic acids is 2. The summed E-state index contributed by atoms with van der Waals surface area (Å²) in [6, 6.07) is 5.65. The van der Waals surface area contributed by atoms with Gasteiger partial charge in [-0.2, -0.15) is 0 Å². The van der Waals surface area contributed by atoms with Crippen LogP contribution in [0.15, 0.2) is 24.3 Å². The summed E-state index contributed by atoms with van der Waals surface area (Å²) in [5.41, 5.74) is 1.98. The number of carbonyl (C=O) groups excluding carboxylic acids is 1. The first-order valence-corrected chi connectivity index (χ1v) is 6.43. The normalized spacial score (nSPS) is 11.5. The molecule has 21 heavy (non-hydrogen) atoms. The lowest BCUT2D eigenvalue weighted by Crippen LogP contribution is -2.46. The SMILES string of the molecule is Cc1ccc(CNC(=O)N[C@@H](CCC(=O)O)C(=O)O)cc1. The Kier molecular flexibility index (Phi) is 6.19. The second kappa shape index (κ2) is 7.88. The molecule has 0 saturated heterocycles. The Balaban J connectivity index is 2.44. The zero-order chi connectivity index (χ0) is 15.8. The Morgan fingerprint density at radius 1 is 1.14 bits per heavy atom. The second-order valence-electron chi connectivity index (χ2n) is 4.64. The lowest BCUT2D eigenvalue weighted by Gasteiger charge is -2.14. The molecule has 0 aromatic heterocycles. The molecule has 0 aliphatic rings. The van der Waals surface area contributed by atoms with Crippen molar-refractivity contribution in [1.29, 1.82) is 0 Å². The maximum atomic E-state index is 11.6. The van der Waals surface area contributed by atoms with Crippen LogP contribution in [0.3, 0.4) is 0 Å². The van der Waals surface area contributed by atoms with Crippen molar-refractivity contribution in [2.75, 3.05) is 0 Å². The van der Waals surface area contributed by atoms with E-state index >= 15 is 0 Å². The van der Waals surface area contributed by atoms with Crippen LogP contribution in [0.25, 0.3) is 0 Å². The van der Waals surface area contributed by atoms with Crippen LogP contribution < -0.4 is 10.6 Å². The monoisotopic (exact) mass is 294 g/mol. The Morgan fingerprint density at radius 2 is 1.76 bits per heavy atom. The molecule has 1 atom stereocenters. The van der Waals surface area contributed by atoms with Gasteiger partial charge in [-0.25, -0.2) is 9.59 Å². The lowest BCUT2D eigenvalue weighted by molar-refractivity contribution is -0.140. The molecule has 4 N–H and O–H groups in total. The van der Waals surface area contributed by atoms with E-state index in [0.717, 1.165) is 11.1 Å². The van der Waals surface area contributed by atoms with Gasteiger partial charge in [0.1, 0.15) is 6.04 Å². The molecular formula is C14H18N2O5. The van der Waals surface area contributed by atoms with Crippen molar-refractivity contribution in [2.24, 2.45) is 0 Å². The highest BCUT2D eigenvalue weighted by Gasteiger charge is 2.20. The summed E-state index contributed by atoms with van der Waals surface area (Å²) < 4.78 is 0. The first-order chi connectivity index (χ1) is 9.88. The highest BCUT2D eigenvalue weighted by Crippen LogP contribution is 2.02. The molecule has 7 heteroatoms. The number of carboxylic acid groups (broad SMARTS) is 2. The van der Waals surface area contributed by atoms with Crippen LogP contribution >= 0.6 is 0 Å². The van der Waals surface area contributed by atoms with Gasteiger partial charge < -0.3 is 20.8 Å². The fourth-order valence-corrected chi connectivity index (χ4v) is 1.62. The third-order valence-electron chi connectivity index (χ3n) is 2.82. The van der Waals surface area contributed by atoms with Gasteiger partial charge in [-0.1, -0.05) is 29.8 Å². The van der Waals surface area contributed by atoms with Gasteiger partial charge in [0.25, 0.3) is 0 Å². The van der Waals surface area contributed by atoms with Crippen molar-refractivity contribution in [1.82, 2.24) is 10.6 Å². The van der Waals surface area contributed by atoms with Gasteiger partial charge >= 0.3 is 18.0 Å². The highest BCUT2D eigenvalue weighted by molar-refractivity contribution is 5.82. The van der Waals surface area contributed by atoms with Gasteiger partial charge in [-0.15, -0.1) is 0 Å². The molecule has 0 spiro atoms. The van der Waals surface area contributed by atoms with E-state index in [4.69, 9.17) is 10.2 Å². The predicted molar refractivity (Wildman–Crippen MR) is 74.8 cm³/mol. The summed E-state index contributed by atoms with van der Waals surface area (Å²) >= 11 is 0. The number of hydrogen-bond acceptors (Lipinski definition) is 3. The molecule has 1 aromatic carbocycles. The number of hydrogen-bond donors (Lipinski definition) is 4. The molecule has 0 heterocycles. The standard InChI is InChI=1S/C14H18N2O5/c1-9-2-4-10(5-3-9)8-15-14(21)16-11(13(19)20)6-7-12(17)18/h2-5,11H,6-8H2,1H3,(H,17,18)(H,19,20)(H2,15,16,21)/t11-/m0/s1. The minimum atomic E-state index is -1.26. The number of rotatable bonds is 7. The Bertz CT molecular complexity index is 513. The minimum absolute atomic E-state index is 0.164. The van der Waals surface area contributed by atoms with Crippen LogP contribution in [0.5, 0.6) is 0 Å². The minimum Gasteiger partial charge on any atom is -0.481 e. The van der Waals surface area contributed by atoms with Crippen molar-refractivity contribution < 1.29 is 24.6 Å². The molecule has 0 aliphatic heterocycles. The van der Waals surface area contributed by atoms with E-state index in [1.54, 1.807) is 0 Å². The van der Waals surface area contributed by atoms with E-state index in [-0.39, 0.29) is 19.4 Å². The van der Waals surface area contributed by atoms with Crippen LogP contribution in [0, 0.1) is 6.92 Å². The lowest BCUT2D eigenvalue weighted by atomic mass is 10.1. The van der Waals surface area contributed by atoms with Crippen LogP contribution in [0.1, 0.15) is 24.0 Å². The number of amides is 2. The summed E-state index contributed by atoms with van der Waals surface area (Å²) in [5, 5.41) is 22.2. The summed E-state index contributed by atoms with van der Waals surface area (Å²) in [5.74, 6) is -2.37. The molecule has 7 nitrogen and oxygen atoms in total. The molecule has 2 amide bonds. The van der Waals surface area contributed by atoms with E-state index in [1.807, 2.05) is 31.2 Å². The average Bonchev–Trinajstić information content (AvgIpc) is 2.42. The van der Waals surface area contributed by atoms with E-state index in [0.29, 0.717) is 0 Å². The van der Waals surface area contributed by atoms with E-state index < -0.39 is 24.0 Å². The summed E-state index contributed by atoms with van der Waals surface area (Å²) in [7, 11) is 0. The first-order valence-electron chi connectivity index (χ1n) is 6.43. The Morgan fingerprint density at radius 3 is 2.29 bits per heavy atom. The summed E-state index contributed by atoms with van der Waals surface area (Å²) in [4.78, 5) is 33.0. The fourth-order valence-electron chi connectivity index (χ4n) is 1.62. The molecule has 0 radical (unpaired) electrons. The van der Waals surface area contributed by atoms with Gasteiger partial charge in [0.05, 0.1) is 0 Å². The zero-order valence-corrected chi connectivity index (χ0v) is 11.6. The number of aliphatic carboxylic acids is 2. The molecule has 1 rings (SSSR count). The van der Waals surface area contributed by atoms with Gasteiger partial charge in [-0.3, -0.25) is 4.79 Å². The topological polar surface area (TPSA) is 116 Å². The van der Waals surface area contributed by atoms with E-state index in [1.165, 1.54) is 0 Å². The zero-order valence-electron chi connectivity index (χ0n) is 11.6. The maximum Gasteiger partial charge on any atom is 0.326 e. The molecule has 0 fully saturated rings. The maximum absolute atomic E-state index is 11.6. The van der Waals surface area contributed by atoms with Crippen LogP contribution in [-0.4, -0.2) is 34.2 Å². The van der Waals surface area contributed by atoms with Gasteiger partial charge in [-0.05, 0) is 18.9 Å². The number of aryl methyl sites for hydroxylation is 1. The Labute approximate surface area is 122 Å². The van der Waals surface area contributed by atoms with Crippen molar-refractivity contribution in [3.8, 4) is 0 Å². The van der Waals surface area contributed by atoms with Gasteiger partial charge in [0, 0.05) is 13.0 Å². The molecule has 1 aromatic rings. The van der Waals surface area contributed by atoms with E-state index in [9.17, 15) is 14.4 Å². The van der Waals surface area contributed by atoms with Crippen LogP contribution in [-0.2, 0) is 16.1 Å². The number of urea groups is 1. The number of carbonyl (C=O) groups is 3. The molecule has 0 unspecified atom stereocenters. The summed E-state index contributed by atoms with van der Waals surface area (Å²) in [6.45, 7) is 2.21. The molecule has 114 valence electrons. The molecule has 0 saturated carbocycles. The highest BCUT2D eigenvalue weighted by atomic mass is 16.4. The number of benzene rings is 1. The molecule has 0 bridgehead atoms. The predicted octanol–water partition coefficient (Wildman–Crippen LogP) is 1.11. The summed E-state index contributed by atoms with van der Waals surface area (Å²) in [6.07, 6.45) is -0.488.